The molecule has 16 nitrogen and oxygen atoms in total. The number of halogens is 8. The summed E-state index contributed by atoms with van der Waals surface area (Å²) in [6.45, 7) is 7.58. The predicted molar refractivity (Wildman–Crippen MR) is 486 cm³/mol. The lowest BCUT2D eigenvalue weighted by atomic mass is 9.81. The third-order valence-electron chi connectivity index (χ3n) is 24.7. The molecule has 5 N–H and O–H groups in total. The van der Waals surface area contributed by atoms with Crippen molar-refractivity contribution in [3.63, 3.8) is 0 Å². The molecule has 1 aromatic heterocycles. The summed E-state index contributed by atoms with van der Waals surface area (Å²) in [6.07, 6.45) is 14.4. The number of rotatable bonds is 20. The Labute approximate surface area is 752 Å². The van der Waals surface area contributed by atoms with Crippen molar-refractivity contribution >= 4 is 72.4 Å². The number of pyridine rings is 1. The van der Waals surface area contributed by atoms with Gasteiger partial charge in [-0.1, -0.05) is 108 Å². The number of aryl methyl sites for hydroxylation is 2. The van der Waals surface area contributed by atoms with Gasteiger partial charge in [-0.3, -0.25) is 4.98 Å². The van der Waals surface area contributed by atoms with Crippen molar-refractivity contribution < 1.29 is 94.0 Å². The highest BCUT2D eigenvalue weighted by Crippen LogP contribution is 2.40. The molecule has 15 rings (SSSR count). The Morgan fingerprint density at radius 1 is 0.323 bits per heavy atom. The summed E-state index contributed by atoms with van der Waals surface area (Å²) in [5.74, 6) is -3.16. The summed E-state index contributed by atoms with van der Waals surface area (Å²) < 4.78 is 207. The first-order chi connectivity index (χ1) is 59.9. The smallest absolute Gasteiger partial charge is 0.178 e. The quantitative estimate of drug-likeness (QED) is 0.0443. The highest BCUT2D eigenvalue weighted by Gasteiger charge is 2.35. The van der Waals surface area contributed by atoms with Gasteiger partial charge in [-0.2, -0.15) is 0 Å². The maximum atomic E-state index is 13.9. The Morgan fingerprint density at radius 3 is 0.858 bits per heavy atom. The van der Waals surface area contributed by atoms with Crippen LogP contribution in [0.2, 0.25) is 10.0 Å². The molecule has 0 radical (unpaired) electrons. The van der Waals surface area contributed by atoms with Crippen LogP contribution in [0.4, 0.5) is 26.3 Å². The van der Waals surface area contributed by atoms with Crippen LogP contribution in [0.25, 0.3) is 55.8 Å². The number of hydrogen-bond donors (Lipinski definition) is 5. The van der Waals surface area contributed by atoms with E-state index in [0.29, 0.717) is 145 Å². The van der Waals surface area contributed by atoms with Crippen LogP contribution >= 0.6 is 23.2 Å². The highest BCUT2D eigenvalue weighted by molar-refractivity contribution is 7.92. The van der Waals surface area contributed by atoms with Gasteiger partial charge in [0.1, 0.15) is 34.9 Å². The first kappa shape index (κ1) is 99.4. The Kier molecular flexibility index (Phi) is 33.9. The average molecular weight is 1890 g/mol. The van der Waals surface area contributed by atoms with E-state index in [1.165, 1.54) is 121 Å². The molecule has 5 aliphatic rings. The highest BCUT2D eigenvalue weighted by atomic mass is 35.5. The van der Waals surface area contributed by atoms with Crippen LogP contribution in [0, 0.1) is 78.3 Å². The first-order valence-corrected chi connectivity index (χ1v) is 51.8. The number of sulfone groups is 5. The van der Waals surface area contributed by atoms with Gasteiger partial charge in [0.15, 0.2) is 49.2 Å². The minimum atomic E-state index is -3.45. The average Bonchev–Trinajstić information content (AvgIpc) is 0.826. The fraction of sp³-hybridized carbons (Fsp3) is 0.398. The van der Waals surface area contributed by atoms with Gasteiger partial charge in [-0.05, 0) is 322 Å². The van der Waals surface area contributed by atoms with Gasteiger partial charge in [0.05, 0.1) is 98.5 Å². The van der Waals surface area contributed by atoms with Crippen LogP contribution in [-0.2, 0) is 49.2 Å². The van der Waals surface area contributed by atoms with Gasteiger partial charge in [0.2, 0.25) is 0 Å². The minimum absolute atomic E-state index is 0.0365. The van der Waals surface area contributed by atoms with Crippen molar-refractivity contribution in [2.45, 2.75) is 210 Å². The van der Waals surface area contributed by atoms with Crippen molar-refractivity contribution in [2.75, 3.05) is 28.8 Å². The van der Waals surface area contributed by atoms with E-state index in [1.54, 1.807) is 56.3 Å². The molecule has 1 heterocycles. The molecule has 29 heteroatoms. The molecular formula is C98H109Cl2F6NO15S5. The zero-order valence-corrected chi connectivity index (χ0v) is 76.9. The molecule has 10 aromatic rings. The van der Waals surface area contributed by atoms with Crippen molar-refractivity contribution in [3.8, 4) is 55.8 Å². The van der Waals surface area contributed by atoms with E-state index in [1.807, 2.05) is 13.0 Å². The normalized spacial score (nSPS) is 22.3. The zero-order chi connectivity index (χ0) is 92.0. The van der Waals surface area contributed by atoms with Crippen LogP contribution in [0.3, 0.4) is 0 Å². The van der Waals surface area contributed by atoms with Gasteiger partial charge in [-0.15, -0.1) is 0 Å². The van der Waals surface area contributed by atoms with Gasteiger partial charge >= 0.3 is 0 Å². The van der Waals surface area contributed by atoms with Gasteiger partial charge in [-0.25, -0.2) is 68.4 Å². The summed E-state index contributed by atoms with van der Waals surface area (Å²) in [4.78, 5) is 5.50. The fourth-order valence-electron chi connectivity index (χ4n) is 16.9. The van der Waals surface area contributed by atoms with E-state index in [0.717, 1.165) is 66.1 Å². The Hall–Kier alpha value is -8.16. The molecule has 0 unspecified atom stereocenters. The molecule has 5 aliphatic carbocycles. The lowest BCUT2D eigenvalue weighted by molar-refractivity contribution is 0.0104. The number of nitrogens with zero attached hydrogens (tertiary/aromatic N) is 1. The van der Waals surface area contributed by atoms with Gasteiger partial charge < -0.3 is 25.5 Å². The lowest BCUT2D eigenvalue weighted by Gasteiger charge is -2.32. The third kappa shape index (κ3) is 28.4. The van der Waals surface area contributed by atoms with Crippen LogP contribution in [-0.4, -0.2) is 131 Å². The summed E-state index contributed by atoms with van der Waals surface area (Å²) >= 11 is 12.0. The number of aliphatic hydroxyl groups is 5. The second-order valence-corrected chi connectivity index (χ2v) is 46.1. The van der Waals surface area contributed by atoms with E-state index in [4.69, 9.17) is 23.2 Å². The second kappa shape index (κ2) is 43.3. The molecule has 0 saturated heterocycles. The van der Waals surface area contributed by atoms with Crippen molar-refractivity contribution in [3.05, 3.63) is 262 Å². The molecule has 0 spiro atoms. The number of aliphatic hydroxyl groups excluding tert-OH is 3. The van der Waals surface area contributed by atoms with Crippen molar-refractivity contribution in [1.29, 1.82) is 0 Å². The zero-order valence-electron chi connectivity index (χ0n) is 71.3. The molecule has 9 aromatic carbocycles. The van der Waals surface area contributed by atoms with E-state index < -0.39 is 95.3 Å². The molecule has 0 amide bonds. The summed E-state index contributed by atoms with van der Waals surface area (Å²) in [6, 6.07) is 49.8. The number of aromatic nitrogens is 1. The van der Waals surface area contributed by atoms with Crippen LogP contribution < -0.4 is 0 Å². The van der Waals surface area contributed by atoms with Gasteiger partial charge in [0, 0.05) is 46.6 Å². The first-order valence-electron chi connectivity index (χ1n) is 42.8. The van der Waals surface area contributed by atoms with E-state index in [2.05, 4.69) is 36.2 Å². The number of hydrogen-bond acceptors (Lipinski definition) is 16. The largest absolute Gasteiger partial charge is 0.393 e. The Morgan fingerprint density at radius 2 is 0.575 bits per heavy atom. The monoisotopic (exact) mass is 1880 g/mol. The maximum absolute atomic E-state index is 13.9. The molecule has 682 valence electrons. The molecule has 0 aliphatic heterocycles. The Balaban J connectivity index is 0.000000154. The molecule has 5 saturated carbocycles. The van der Waals surface area contributed by atoms with E-state index in [-0.39, 0.29) is 108 Å². The summed E-state index contributed by atoms with van der Waals surface area (Å²) in [5.41, 5.74) is 6.44. The fourth-order valence-corrected chi connectivity index (χ4v) is 26.0. The standard InChI is InChI=1S/C21H26O3S.2C20H22F2O3S.C19H20F2O3S.C18H19Cl2NO3S/c1-15-3-7-18(8-4-15)21-12-11-20(13-16(21)2)25(23,24)14-17-5-9-19(22)10-6-17;2*1-20(23)10-8-14(9-11-20)13-26(24,25)17-5-2-15(3-6-17)18-7-4-16(21)12-19(18)22;20-15-5-10-18(19(21)11-15)14-3-8-17(9-4-14)25(23,24)12-13-1-6-16(22)7-2-13;19-14-9-17(20)18(21-10-14)13-3-7-16(8-4-13)25(23,24)11-12-1-5-15(22)6-2-12/h3-4,7-8,11-13,17,19,22H,5-6,9-10,14H2,1-2H3;2*2-7,12,14,23H,8-11,13H2,1H3;3-5,8-11,13,16,22H,1-2,6-7,12H2;3-4,7-10,12,15,22H,1-2,5-6,11H2. The minimum Gasteiger partial charge on any atom is -0.393 e. The lowest BCUT2D eigenvalue weighted by Crippen LogP contribution is -2.32. The molecule has 5 fully saturated rings. The second-order valence-electron chi connectivity index (χ2n) is 35.1. The van der Waals surface area contributed by atoms with Crippen LogP contribution in [0.1, 0.15) is 153 Å². The van der Waals surface area contributed by atoms with Crippen LogP contribution in [0.5, 0.6) is 0 Å². The SMILES string of the molecule is CC1(O)CCC(CS(=O)(=O)c2ccc(-c3ccc(F)cc3F)cc2)CC1.CC1(O)CCC(CS(=O)(=O)c2ccc(-c3ccc(F)cc3F)cc2)CC1.Cc1ccc(-c2ccc(S(=O)(=O)CC3CCC(O)CC3)cc2C)cc1.O=S(=O)(CC1CCC(O)CC1)c1ccc(-c2ccc(F)cc2F)cc1.O=S(=O)(CC1CCC(O)CC1)c1ccc(-c2ncc(Cl)cc2Cl)cc1. The van der Waals surface area contributed by atoms with Gasteiger partial charge in [0.25, 0.3) is 0 Å². The van der Waals surface area contributed by atoms with Crippen LogP contribution in [0.15, 0.2) is 231 Å². The van der Waals surface area contributed by atoms with E-state index in [9.17, 15) is 94.0 Å². The van der Waals surface area contributed by atoms with E-state index >= 15 is 0 Å². The molecular weight excluding hydrogens is 1780 g/mol. The van der Waals surface area contributed by atoms with Crippen molar-refractivity contribution in [2.24, 2.45) is 29.6 Å². The maximum Gasteiger partial charge on any atom is 0.178 e. The molecule has 0 atom stereocenters. The third-order valence-corrected chi connectivity index (χ3v) is 34.6. The summed E-state index contributed by atoms with van der Waals surface area (Å²) in [5, 5.41) is 49.5. The topological polar surface area (TPSA) is 285 Å². The van der Waals surface area contributed by atoms with Crippen molar-refractivity contribution in [1.82, 2.24) is 4.98 Å². The Bertz CT molecular complexity index is 5700. The molecule has 0 bridgehead atoms. The predicted octanol–water partition coefficient (Wildman–Crippen LogP) is 21.3. The molecule has 127 heavy (non-hydrogen) atoms. The summed E-state index contributed by atoms with van der Waals surface area (Å²) in [7, 11) is -17.0. The number of benzene rings is 9.